The maximum atomic E-state index is 13.4. The van der Waals surface area contributed by atoms with Gasteiger partial charge in [0.05, 0.1) is 17.8 Å². The Morgan fingerprint density at radius 3 is 2.73 bits per heavy atom. The lowest BCUT2D eigenvalue weighted by molar-refractivity contribution is 0.00710. The van der Waals surface area contributed by atoms with E-state index in [4.69, 9.17) is 4.42 Å². The summed E-state index contributed by atoms with van der Waals surface area (Å²) >= 11 is 0. The van der Waals surface area contributed by atoms with Gasteiger partial charge in [0.15, 0.2) is 0 Å². The number of hydrogen-bond donors (Lipinski definition) is 3. The monoisotopic (exact) mass is 421 g/mol. The van der Waals surface area contributed by atoms with Gasteiger partial charge in [-0.1, -0.05) is 20.8 Å². The van der Waals surface area contributed by atoms with Crippen molar-refractivity contribution in [2.24, 2.45) is 5.41 Å². The number of amides is 1. The van der Waals surface area contributed by atoms with Gasteiger partial charge in [-0.05, 0) is 17.5 Å². The summed E-state index contributed by atoms with van der Waals surface area (Å²) in [6.07, 6.45) is -1.67. The number of benzene rings is 1. The summed E-state index contributed by atoms with van der Waals surface area (Å²) in [5.41, 5.74) is -0.240. The summed E-state index contributed by atoms with van der Waals surface area (Å²) in [5.74, 6) is -0.503. The van der Waals surface area contributed by atoms with Gasteiger partial charge in [-0.2, -0.15) is 0 Å². The summed E-state index contributed by atoms with van der Waals surface area (Å²) < 4.78 is 18.4. The van der Waals surface area contributed by atoms with E-state index in [-0.39, 0.29) is 23.6 Å². The first-order chi connectivity index (χ1) is 14.0. The predicted octanol–water partition coefficient (Wildman–Crippen LogP) is 2.42. The topological polar surface area (TPSA) is 106 Å². The Kier molecular flexibility index (Phi) is 6.33. The van der Waals surface area contributed by atoms with Crippen molar-refractivity contribution in [2.45, 2.75) is 32.9 Å². The minimum atomic E-state index is -0.928. The van der Waals surface area contributed by atoms with Gasteiger partial charge in [0.2, 0.25) is 0 Å². The highest BCUT2D eigenvalue weighted by Crippen LogP contribution is 2.28. The van der Waals surface area contributed by atoms with E-state index < -0.39 is 23.6 Å². The molecule has 2 atom stereocenters. The number of halogens is 1. The van der Waals surface area contributed by atoms with Crippen molar-refractivity contribution >= 4 is 22.7 Å². The highest BCUT2D eigenvalue weighted by Gasteiger charge is 2.38. The van der Waals surface area contributed by atoms with Crippen LogP contribution in [0.5, 0.6) is 0 Å². The Balaban J connectivity index is 1.64. The van der Waals surface area contributed by atoms with Crippen LogP contribution in [-0.4, -0.2) is 71.0 Å². The van der Waals surface area contributed by atoms with Crippen molar-refractivity contribution in [3.05, 3.63) is 40.5 Å². The van der Waals surface area contributed by atoms with Crippen molar-refractivity contribution in [3.8, 4) is 0 Å². The number of anilines is 1. The smallest absolute Gasteiger partial charge is 0.407 e. The molecule has 1 aromatic heterocycles. The second-order valence-electron chi connectivity index (χ2n) is 8.77. The van der Waals surface area contributed by atoms with Crippen LogP contribution in [0, 0.1) is 11.2 Å². The zero-order valence-corrected chi connectivity index (χ0v) is 17.4. The summed E-state index contributed by atoms with van der Waals surface area (Å²) in [4.78, 5) is 26.8. The molecule has 1 aromatic carbocycles. The fraction of sp³-hybridized carbons (Fsp3) is 0.524. The highest BCUT2D eigenvalue weighted by atomic mass is 19.1. The number of rotatable bonds is 5. The van der Waals surface area contributed by atoms with Crippen molar-refractivity contribution < 1.29 is 23.8 Å². The van der Waals surface area contributed by atoms with Crippen LogP contribution in [0.25, 0.3) is 11.0 Å². The van der Waals surface area contributed by atoms with Gasteiger partial charge in [-0.15, -0.1) is 0 Å². The van der Waals surface area contributed by atoms with E-state index in [1.807, 2.05) is 20.8 Å². The number of nitrogens with one attached hydrogen (secondary N) is 1. The third-order valence-electron chi connectivity index (χ3n) is 5.41. The summed E-state index contributed by atoms with van der Waals surface area (Å²) in [5, 5.41) is 23.6. The summed E-state index contributed by atoms with van der Waals surface area (Å²) in [6.45, 7) is 8.00. The van der Waals surface area contributed by atoms with E-state index in [1.54, 1.807) is 0 Å². The van der Waals surface area contributed by atoms with Gasteiger partial charge in [0.1, 0.15) is 11.4 Å². The second kappa shape index (κ2) is 8.61. The van der Waals surface area contributed by atoms with Crippen LogP contribution >= 0.6 is 0 Å². The minimum Gasteiger partial charge on any atom is -0.465 e. The number of carboxylic acid groups (broad SMARTS) is 1. The normalized spacial score (nSPS) is 19.1. The van der Waals surface area contributed by atoms with E-state index in [1.165, 1.54) is 23.1 Å². The molecule has 0 bridgehead atoms. The van der Waals surface area contributed by atoms with Crippen LogP contribution in [0.4, 0.5) is 14.9 Å². The molecule has 1 aliphatic heterocycles. The summed E-state index contributed by atoms with van der Waals surface area (Å²) in [6, 6.07) is 5.03. The first kappa shape index (κ1) is 22.0. The molecular formula is C21H28FN3O5. The van der Waals surface area contributed by atoms with E-state index in [0.717, 1.165) is 6.07 Å². The molecule has 0 radical (unpaired) electrons. The van der Waals surface area contributed by atoms with Gasteiger partial charge < -0.3 is 24.8 Å². The molecule has 0 saturated carbocycles. The van der Waals surface area contributed by atoms with Crippen molar-refractivity contribution in [3.63, 3.8) is 0 Å². The Morgan fingerprint density at radius 2 is 2.07 bits per heavy atom. The van der Waals surface area contributed by atoms with Crippen molar-refractivity contribution in [1.82, 2.24) is 9.80 Å². The number of piperazine rings is 1. The summed E-state index contributed by atoms with van der Waals surface area (Å²) in [7, 11) is 0. The van der Waals surface area contributed by atoms with Crippen molar-refractivity contribution in [1.29, 1.82) is 0 Å². The first-order valence-electron chi connectivity index (χ1n) is 9.92. The van der Waals surface area contributed by atoms with Crippen molar-refractivity contribution in [2.75, 3.05) is 38.0 Å². The Morgan fingerprint density at radius 1 is 1.33 bits per heavy atom. The fourth-order valence-electron chi connectivity index (χ4n) is 3.85. The molecule has 2 unspecified atom stereocenters. The predicted molar refractivity (Wildman–Crippen MR) is 111 cm³/mol. The highest BCUT2D eigenvalue weighted by molar-refractivity contribution is 5.89. The molecule has 164 valence electrons. The SMILES string of the molecule is CC(C)(C)C1CN(CC(O)CNc2cc(=O)oc3cc(F)ccc23)CCN1C(=O)O. The molecule has 1 amide bonds. The molecule has 2 heterocycles. The van der Waals surface area contributed by atoms with Crippen LogP contribution < -0.4 is 10.9 Å². The zero-order chi connectivity index (χ0) is 22.1. The second-order valence-corrected chi connectivity index (χ2v) is 8.77. The standard InChI is InChI=1S/C21H28FN3O5/c1-21(2,3)18-12-24(6-7-25(18)20(28)29)11-14(26)10-23-16-9-19(27)30-17-8-13(22)4-5-15(16)17/h4-5,8-9,14,18,23,26H,6-7,10-12H2,1-3H3,(H,28,29). The van der Waals surface area contributed by atoms with Crippen LogP contribution in [0.15, 0.2) is 33.5 Å². The average molecular weight is 421 g/mol. The maximum absolute atomic E-state index is 13.4. The molecule has 30 heavy (non-hydrogen) atoms. The third-order valence-corrected chi connectivity index (χ3v) is 5.41. The lowest BCUT2D eigenvalue weighted by atomic mass is 9.84. The van der Waals surface area contributed by atoms with Crippen LogP contribution in [0.2, 0.25) is 0 Å². The first-order valence-corrected chi connectivity index (χ1v) is 9.92. The maximum Gasteiger partial charge on any atom is 0.407 e. The number of fused-ring (bicyclic) bond motifs is 1. The van der Waals surface area contributed by atoms with E-state index in [9.17, 15) is 24.2 Å². The fourth-order valence-corrected chi connectivity index (χ4v) is 3.85. The minimum absolute atomic E-state index is 0.136. The number of β-amino-alcohol motifs (C(OH)–C–C–N with tert-alkyl or cyclic N) is 1. The van der Waals surface area contributed by atoms with E-state index in [2.05, 4.69) is 10.2 Å². The van der Waals surface area contributed by atoms with Gasteiger partial charge in [-0.3, -0.25) is 4.90 Å². The number of hydrogen-bond acceptors (Lipinski definition) is 6. The van der Waals surface area contributed by atoms with Gasteiger partial charge in [-0.25, -0.2) is 14.0 Å². The Hall–Kier alpha value is -2.65. The van der Waals surface area contributed by atoms with E-state index in [0.29, 0.717) is 37.3 Å². The van der Waals surface area contributed by atoms with E-state index >= 15 is 0 Å². The largest absolute Gasteiger partial charge is 0.465 e. The molecule has 2 aromatic rings. The Bertz CT molecular complexity index is 971. The third kappa shape index (κ3) is 5.09. The molecule has 1 saturated heterocycles. The van der Waals surface area contributed by atoms with Gasteiger partial charge in [0, 0.05) is 50.2 Å². The molecule has 1 fully saturated rings. The zero-order valence-electron chi connectivity index (χ0n) is 17.4. The quantitative estimate of drug-likeness (QED) is 0.637. The molecule has 3 rings (SSSR count). The van der Waals surface area contributed by atoms with Crippen LogP contribution in [-0.2, 0) is 0 Å². The molecule has 3 N–H and O–H groups in total. The molecule has 1 aliphatic rings. The van der Waals surface area contributed by atoms with Crippen LogP contribution in [0.3, 0.4) is 0 Å². The lowest BCUT2D eigenvalue weighted by Gasteiger charge is -2.46. The van der Waals surface area contributed by atoms with Gasteiger partial charge in [0.25, 0.3) is 0 Å². The number of aliphatic hydroxyl groups excluding tert-OH is 1. The van der Waals surface area contributed by atoms with Crippen LogP contribution in [0.1, 0.15) is 20.8 Å². The Labute approximate surface area is 173 Å². The number of carbonyl (C=O) groups is 1. The number of nitrogens with zero attached hydrogens (tertiary/aromatic N) is 2. The molecule has 8 nitrogen and oxygen atoms in total. The average Bonchev–Trinajstić information content (AvgIpc) is 2.64. The molecule has 0 spiro atoms. The lowest BCUT2D eigenvalue weighted by Crippen LogP contribution is -2.60. The molecule has 0 aliphatic carbocycles. The van der Waals surface area contributed by atoms with Gasteiger partial charge >= 0.3 is 11.7 Å². The molecular weight excluding hydrogens is 393 g/mol. The molecule has 9 heteroatoms. The number of aliphatic hydroxyl groups is 1.